The van der Waals surface area contributed by atoms with Crippen molar-refractivity contribution in [1.82, 2.24) is 15.4 Å². The largest absolute Gasteiger partial charge is 0.374 e. The topological polar surface area (TPSA) is 73.1 Å². The van der Waals surface area contributed by atoms with E-state index in [9.17, 15) is 0 Å². The van der Waals surface area contributed by atoms with Crippen molar-refractivity contribution in [3.63, 3.8) is 0 Å². The molecule has 1 aromatic heterocycles. The number of aromatic nitrogens is 2. The normalized spacial score (nSPS) is 31.6. The van der Waals surface area contributed by atoms with E-state index in [1.807, 2.05) is 30.9 Å². The van der Waals surface area contributed by atoms with Crippen LogP contribution in [-0.4, -0.2) is 33.7 Å². The van der Waals surface area contributed by atoms with Gasteiger partial charge >= 0.3 is 0 Å². The summed E-state index contributed by atoms with van der Waals surface area (Å²) in [4.78, 5) is 8.70. The summed E-state index contributed by atoms with van der Waals surface area (Å²) in [7, 11) is 0. The Morgan fingerprint density at radius 2 is 2.50 bits per heavy atom. The highest BCUT2D eigenvalue weighted by Crippen LogP contribution is 2.43. The maximum Gasteiger partial charge on any atom is 0.125 e. The minimum atomic E-state index is 0.0742. The number of hydrazine groups is 1. The van der Waals surface area contributed by atoms with Crippen molar-refractivity contribution in [1.29, 1.82) is 0 Å². The lowest BCUT2D eigenvalue weighted by molar-refractivity contribution is -0.0856. The predicted octanol–water partition coefficient (Wildman–Crippen LogP) is 1.59. The van der Waals surface area contributed by atoms with Gasteiger partial charge in [-0.2, -0.15) is 11.8 Å². The van der Waals surface area contributed by atoms with Gasteiger partial charge in [0, 0.05) is 18.6 Å². The first-order valence-electron chi connectivity index (χ1n) is 7.20. The number of nitrogens with two attached hydrogens (primary N) is 1. The molecule has 0 saturated carbocycles. The van der Waals surface area contributed by atoms with Gasteiger partial charge in [-0.25, -0.2) is 9.97 Å². The van der Waals surface area contributed by atoms with Gasteiger partial charge in [0.05, 0.1) is 17.3 Å². The first kappa shape index (κ1) is 14.3. The second-order valence-corrected chi connectivity index (χ2v) is 6.87. The molecule has 5 nitrogen and oxygen atoms in total. The van der Waals surface area contributed by atoms with E-state index in [-0.39, 0.29) is 11.6 Å². The lowest BCUT2D eigenvalue weighted by Crippen LogP contribution is -2.45. The lowest BCUT2D eigenvalue weighted by Gasteiger charge is -2.40. The molecule has 0 aliphatic carbocycles. The molecule has 6 heteroatoms. The van der Waals surface area contributed by atoms with Crippen molar-refractivity contribution >= 4 is 11.8 Å². The molecule has 2 saturated heterocycles. The van der Waals surface area contributed by atoms with Gasteiger partial charge in [0.1, 0.15) is 5.82 Å². The molecule has 3 atom stereocenters. The Morgan fingerprint density at radius 3 is 3.20 bits per heavy atom. The number of rotatable bonds is 3. The molecule has 2 aliphatic heterocycles. The maximum absolute atomic E-state index is 6.09. The number of hydrogen-bond donors (Lipinski definition) is 2. The average molecular weight is 294 g/mol. The average Bonchev–Trinajstić information content (AvgIpc) is 2.88. The lowest BCUT2D eigenvalue weighted by atomic mass is 9.80. The molecule has 2 aliphatic rings. The third-order valence-corrected chi connectivity index (χ3v) is 5.59. The molecule has 3 heterocycles. The van der Waals surface area contributed by atoms with Crippen LogP contribution in [0.25, 0.3) is 0 Å². The van der Waals surface area contributed by atoms with Crippen LogP contribution in [0, 0.1) is 12.8 Å². The van der Waals surface area contributed by atoms with Crippen LogP contribution in [0.2, 0.25) is 0 Å². The molecule has 0 aromatic carbocycles. The molecular formula is C14H22N4OS. The van der Waals surface area contributed by atoms with Gasteiger partial charge in [-0.05, 0) is 43.9 Å². The molecular weight excluding hydrogens is 272 g/mol. The smallest absolute Gasteiger partial charge is 0.125 e. The summed E-state index contributed by atoms with van der Waals surface area (Å²) in [6.07, 6.45) is 5.07. The molecule has 1 spiro atoms. The molecule has 0 amide bonds. The zero-order chi connectivity index (χ0) is 14.0. The van der Waals surface area contributed by atoms with Gasteiger partial charge in [0.25, 0.3) is 0 Å². The monoisotopic (exact) mass is 294 g/mol. The summed E-state index contributed by atoms with van der Waals surface area (Å²) in [6, 6.07) is 2.05. The van der Waals surface area contributed by atoms with E-state index in [0.717, 1.165) is 43.1 Å². The van der Waals surface area contributed by atoms with Crippen molar-refractivity contribution in [2.45, 2.75) is 37.8 Å². The van der Waals surface area contributed by atoms with Crippen LogP contribution in [-0.2, 0) is 4.74 Å². The second kappa shape index (κ2) is 5.97. The number of hydrogen-bond acceptors (Lipinski definition) is 6. The van der Waals surface area contributed by atoms with E-state index >= 15 is 0 Å². The Hall–Kier alpha value is -0.690. The molecule has 1 aromatic rings. The van der Waals surface area contributed by atoms with Gasteiger partial charge in [-0.3, -0.25) is 11.3 Å². The minimum absolute atomic E-state index is 0.0742. The maximum atomic E-state index is 6.09. The Morgan fingerprint density at radius 1 is 1.60 bits per heavy atom. The van der Waals surface area contributed by atoms with Gasteiger partial charge in [-0.15, -0.1) is 0 Å². The Bertz CT molecular complexity index is 464. The third-order valence-electron chi connectivity index (χ3n) is 4.37. The van der Waals surface area contributed by atoms with E-state index in [1.54, 1.807) is 0 Å². The summed E-state index contributed by atoms with van der Waals surface area (Å²) in [6.45, 7) is 2.74. The predicted molar refractivity (Wildman–Crippen MR) is 80.2 cm³/mol. The molecule has 0 bridgehead atoms. The van der Waals surface area contributed by atoms with E-state index in [4.69, 9.17) is 10.6 Å². The van der Waals surface area contributed by atoms with Gasteiger partial charge in [-0.1, -0.05) is 0 Å². The standard InChI is InChI=1S/C14H22N4OS/c1-10-16-5-2-12(17-10)13(18-15)11-3-6-19-14(8-11)4-7-20-9-14/h2,5,11,13,18H,3-4,6-9,15H2,1H3. The number of thioether (sulfide) groups is 1. The SMILES string of the molecule is Cc1nccc(C(NN)C2CCOC3(CCSC3)C2)n1. The molecule has 3 unspecified atom stereocenters. The van der Waals surface area contributed by atoms with Crippen LogP contribution in [0.5, 0.6) is 0 Å². The molecule has 0 radical (unpaired) electrons. The van der Waals surface area contributed by atoms with Gasteiger partial charge in [0.15, 0.2) is 0 Å². The van der Waals surface area contributed by atoms with E-state index < -0.39 is 0 Å². The summed E-state index contributed by atoms with van der Waals surface area (Å²) in [5.41, 5.74) is 4.04. The van der Waals surface area contributed by atoms with Crippen molar-refractivity contribution in [2.75, 3.05) is 18.1 Å². The highest BCUT2D eigenvalue weighted by Gasteiger charge is 2.42. The molecule has 3 rings (SSSR count). The second-order valence-electron chi connectivity index (χ2n) is 5.76. The first-order chi connectivity index (χ1) is 9.72. The number of ether oxygens (including phenoxy) is 1. The Kier molecular flexibility index (Phi) is 4.26. The zero-order valence-corrected chi connectivity index (χ0v) is 12.7. The quantitative estimate of drug-likeness (QED) is 0.651. The summed E-state index contributed by atoms with van der Waals surface area (Å²) in [5.74, 6) is 9.41. The molecule has 110 valence electrons. The fraction of sp³-hybridized carbons (Fsp3) is 0.714. The highest BCUT2D eigenvalue weighted by atomic mass is 32.2. The van der Waals surface area contributed by atoms with Crippen LogP contribution in [0.3, 0.4) is 0 Å². The number of aryl methyl sites for hydroxylation is 1. The van der Waals surface area contributed by atoms with Crippen LogP contribution in [0.4, 0.5) is 0 Å². The van der Waals surface area contributed by atoms with E-state index in [0.29, 0.717) is 5.92 Å². The zero-order valence-electron chi connectivity index (χ0n) is 11.8. The number of nitrogens with zero attached hydrogens (tertiary/aromatic N) is 2. The highest BCUT2D eigenvalue weighted by molar-refractivity contribution is 7.99. The fourth-order valence-electron chi connectivity index (χ4n) is 3.32. The summed E-state index contributed by atoms with van der Waals surface area (Å²) < 4.78 is 6.09. The third kappa shape index (κ3) is 2.83. The van der Waals surface area contributed by atoms with Gasteiger partial charge in [0.2, 0.25) is 0 Å². The summed E-state index contributed by atoms with van der Waals surface area (Å²) in [5, 5.41) is 0. The van der Waals surface area contributed by atoms with Crippen LogP contribution in [0.1, 0.15) is 36.8 Å². The Balaban J connectivity index is 1.78. The first-order valence-corrected chi connectivity index (χ1v) is 8.35. The van der Waals surface area contributed by atoms with E-state index in [1.165, 1.54) is 5.75 Å². The van der Waals surface area contributed by atoms with Crippen molar-refractivity contribution < 1.29 is 4.74 Å². The van der Waals surface area contributed by atoms with Crippen molar-refractivity contribution in [3.05, 3.63) is 23.8 Å². The van der Waals surface area contributed by atoms with Crippen molar-refractivity contribution in [3.8, 4) is 0 Å². The molecule has 3 N–H and O–H groups in total. The fourth-order valence-corrected chi connectivity index (χ4v) is 4.70. The number of nitrogens with one attached hydrogen (secondary N) is 1. The van der Waals surface area contributed by atoms with Gasteiger partial charge < -0.3 is 4.74 Å². The van der Waals surface area contributed by atoms with Crippen molar-refractivity contribution in [2.24, 2.45) is 11.8 Å². The molecule has 20 heavy (non-hydrogen) atoms. The van der Waals surface area contributed by atoms with Crippen LogP contribution < -0.4 is 11.3 Å². The van der Waals surface area contributed by atoms with E-state index in [2.05, 4.69) is 15.4 Å². The Labute approximate surface area is 124 Å². The minimum Gasteiger partial charge on any atom is -0.374 e. The molecule has 2 fully saturated rings. The summed E-state index contributed by atoms with van der Waals surface area (Å²) >= 11 is 2.00. The van der Waals surface area contributed by atoms with Crippen LogP contribution >= 0.6 is 11.8 Å². The van der Waals surface area contributed by atoms with Crippen LogP contribution in [0.15, 0.2) is 12.3 Å².